The van der Waals surface area contributed by atoms with Gasteiger partial charge in [-0.15, -0.1) is 0 Å². The van der Waals surface area contributed by atoms with E-state index in [4.69, 9.17) is 4.55 Å². The zero-order chi connectivity index (χ0) is 10.3. The Hall–Kier alpha value is -0.260. The Labute approximate surface area is 81.4 Å². The van der Waals surface area contributed by atoms with Crippen LogP contribution in [0.4, 0.5) is 0 Å². The van der Waals surface area contributed by atoms with Gasteiger partial charge in [0.2, 0.25) is 0 Å². The lowest BCUT2D eigenvalue weighted by Crippen LogP contribution is -2.40. The van der Waals surface area contributed by atoms with Crippen molar-refractivity contribution in [2.45, 2.75) is 26.3 Å². The molecule has 4 nitrogen and oxygen atoms in total. The Morgan fingerprint density at radius 3 is 2.62 bits per heavy atom. The van der Waals surface area contributed by atoms with Gasteiger partial charge in [0.1, 0.15) is 6.29 Å². The van der Waals surface area contributed by atoms with Gasteiger partial charge < -0.3 is 14.7 Å². The topological polar surface area (TPSA) is 66.4 Å². The summed E-state index contributed by atoms with van der Waals surface area (Å²) in [6.07, 6.45) is 1.75. The molecule has 0 aliphatic carbocycles. The molecule has 0 rings (SSSR count). The summed E-state index contributed by atoms with van der Waals surface area (Å²) in [6.45, 7) is 4.51. The molecule has 0 spiro atoms. The van der Waals surface area contributed by atoms with Crippen molar-refractivity contribution in [3.05, 3.63) is 0 Å². The molecule has 0 aliphatic heterocycles. The Bertz CT molecular complexity index is 175. The van der Waals surface area contributed by atoms with Gasteiger partial charge >= 0.3 is 0 Å². The largest absolute Gasteiger partial charge is 0.312 e. The van der Waals surface area contributed by atoms with Crippen molar-refractivity contribution in [2.75, 3.05) is 12.3 Å². The molecule has 0 aromatic carbocycles. The monoisotopic (exact) mass is 207 g/mol. The average Bonchev–Trinajstić information content (AvgIpc) is 2.10. The molecule has 2 N–H and O–H groups in total. The lowest BCUT2D eigenvalue weighted by Gasteiger charge is -2.19. The maximum Gasteiger partial charge on any atom is 0.154 e. The molecule has 0 saturated heterocycles. The molecule has 13 heavy (non-hydrogen) atoms. The number of hydrogen-bond donors (Lipinski definition) is 2. The zero-order valence-corrected chi connectivity index (χ0v) is 8.84. The van der Waals surface area contributed by atoms with Gasteiger partial charge in [-0.05, 0) is 13.0 Å². The third-order valence-electron chi connectivity index (χ3n) is 1.83. The minimum Gasteiger partial charge on any atom is -0.312 e. The van der Waals surface area contributed by atoms with Crippen LogP contribution in [0.15, 0.2) is 0 Å². The average molecular weight is 207 g/mol. The van der Waals surface area contributed by atoms with Crippen molar-refractivity contribution in [2.24, 2.45) is 5.92 Å². The molecule has 0 saturated carbocycles. The molecule has 0 aromatic rings. The second kappa shape index (κ2) is 7.17. The molecule has 0 aliphatic rings. The van der Waals surface area contributed by atoms with Crippen molar-refractivity contribution in [1.29, 1.82) is 0 Å². The van der Waals surface area contributed by atoms with E-state index in [2.05, 4.69) is 5.32 Å². The summed E-state index contributed by atoms with van der Waals surface area (Å²) in [5.74, 6) is -0.109. The van der Waals surface area contributed by atoms with Gasteiger partial charge in [-0.3, -0.25) is 0 Å². The summed E-state index contributed by atoms with van der Waals surface area (Å²) in [5, 5.41) is 3.07. The van der Waals surface area contributed by atoms with E-state index in [0.717, 1.165) is 19.3 Å². The Balaban J connectivity index is 4.01. The maximum absolute atomic E-state index is 10.5. The quantitative estimate of drug-likeness (QED) is 0.469. The molecule has 0 fully saturated rings. The van der Waals surface area contributed by atoms with Gasteiger partial charge in [-0.1, -0.05) is 13.8 Å². The van der Waals surface area contributed by atoms with Crippen molar-refractivity contribution >= 4 is 17.4 Å². The van der Waals surface area contributed by atoms with Gasteiger partial charge in [0.25, 0.3) is 0 Å². The number of hydrogen-bond acceptors (Lipinski definition) is 3. The minimum absolute atomic E-state index is 0.111. The Kier molecular flexibility index (Phi) is 7.03. The van der Waals surface area contributed by atoms with Crippen LogP contribution in [0.5, 0.6) is 0 Å². The van der Waals surface area contributed by atoms with Gasteiger partial charge in [0.15, 0.2) is 11.1 Å². The van der Waals surface area contributed by atoms with Crippen LogP contribution in [0, 0.1) is 5.92 Å². The van der Waals surface area contributed by atoms with E-state index in [-0.39, 0.29) is 17.7 Å². The van der Waals surface area contributed by atoms with Gasteiger partial charge in [-0.2, -0.15) is 0 Å². The predicted molar refractivity (Wildman–Crippen MR) is 52.9 cm³/mol. The molecule has 78 valence electrons. The Morgan fingerprint density at radius 2 is 2.23 bits per heavy atom. The van der Waals surface area contributed by atoms with Crippen LogP contribution >= 0.6 is 0 Å². The Morgan fingerprint density at radius 1 is 1.62 bits per heavy atom. The molecule has 0 bridgehead atoms. The van der Waals surface area contributed by atoms with Crippen LogP contribution in [-0.4, -0.2) is 33.4 Å². The molecule has 0 heterocycles. The fourth-order valence-corrected chi connectivity index (χ4v) is 1.70. The summed E-state index contributed by atoms with van der Waals surface area (Å²) in [5.41, 5.74) is 0. The number of rotatable bonds is 7. The van der Waals surface area contributed by atoms with Crippen LogP contribution in [0.2, 0.25) is 0 Å². The second-order valence-corrected chi connectivity index (χ2v) is 4.02. The summed E-state index contributed by atoms with van der Waals surface area (Å²) in [4.78, 5) is 10.5. The molecule has 0 amide bonds. The summed E-state index contributed by atoms with van der Waals surface area (Å²) in [6, 6.07) is -0.191. The van der Waals surface area contributed by atoms with Crippen molar-refractivity contribution in [3.63, 3.8) is 0 Å². The molecular formula is C8H17NO3S. The highest BCUT2D eigenvalue weighted by molar-refractivity contribution is 7.79. The number of carbonyl (C=O) groups excluding carboxylic acids is 1. The van der Waals surface area contributed by atoms with Gasteiger partial charge in [0.05, 0.1) is 5.75 Å². The molecule has 3 unspecified atom stereocenters. The van der Waals surface area contributed by atoms with Crippen LogP contribution in [0.25, 0.3) is 0 Å². The van der Waals surface area contributed by atoms with Crippen LogP contribution in [-0.2, 0) is 15.9 Å². The second-order valence-electron chi connectivity index (χ2n) is 3.04. The van der Waals surface area contributed by atoms with Crippen molar-refractivity contribution in [1.82, 2.24) is 5.32 Å². The van der Waals surface area contributed by atoms with Crippen molar-refractivity contribution in [3.8, 4) is 0 Å². The number of aldehydes is 1. The summed E-state index contributed by atoms with van der Waals surface area (Å²) < 4.78 is 19.2. The van der Waals surface area contributed by atoms with E-state index < -0.39 is 11.1 Å². The standard InChI is InChI=1S/C8H17NO3S/c1-3-4-9-8(6-13(11)12)7(2)5-10/h5,7-9H,3-4,6H2,1-2H3,(H,11,12). The molecular weight excluding hydrogens is 190 g/mol. The minimum atomic E-state index is -1.84. The van der Waals surface area contributed by atoms with E-state index in [9.17, 15) is 9.00 Å². The van der Waals surface area contributed by atoms with E-state index in [0.29, 0.717) is 0 Å². The van der Waals surface area contributed by atoms with Gasteiger partial charge in [-0.25, -0.2) is 4.21 Å². The van der Waals surface area contributed by atoms with Crippen LogP contribution < -0.4 is 5.32 Å². The highest BCUT2D eigenvalue weighted by Crippen LogP contribution is 2.01. The third-order valence-corrected chi connectivity index (χ3v) is 2.47. The number of nitrogens with one attached hydrogen (secondary N) is 1. The third kappa shape index (κ3) is 5.90. The normalized spacial score (nSPS) is 17.8. The van der Waals surface area contributed by atoms with Crippen molar-refractivity contribution < 1.29 is 13.6 Å². The lowest BCUT2D eigenvalue weighted by atomic mass is 10.1. The summed E-state index contributed by atoms with van der Waals surface area (Å²) in [7, 11) is 0. The van der Waals surface area contributed by atoms with E-state index in [1.54, 1.807) is 6.92 Å². The molecule has 0 aromatic heterocycles. The van der Waals surface area contributed by atoms with E-state index in [1.165, 1.54) is 0 Å². The highest BCUT2D eigenvalue weighted by Gasteiger charge is 2.17. The summed E-state index contributed by atoms with van der Waals surface area (Å²) >= 11 is -1.84. The fraction of sp³-hybridized carbons (Fsp3) is 0.875. The number of carbonyl (C=O) groups is 1. The first-order chi connectivity index (χ1) is 6.11. The zero-order valence-electron chi connectivity index (χ0n) is 8.03. The highest BCUT2D eigenvalue weighted by atomic mass is 32.2. The SMILES string of the molecule is CCCNC(CS(=O)O)C(C)C=O. The first-order valence-electron chi connectivity index (χ1n) is 4.38. The first-order valence-corrected chi connectivity index (χ1v) is 5.65. The van der Waals surface area contributed by atoms with Gasteiger partial charge in [0, 0.05) is 12.0 Å². The molecule has 5 heteroatoms. The predicted octanol–water partition coefficient (Wildman–Crippen LogP) is 0.411. The molecule has 0 radical (unpaired) electrons. The van der Waals surface area contributed by atoms with Crippen LogP contribution in [0.3, 0.4) is 0 Å². The smallest absolute Gasteiger partial charge is 0.154 e. The maximum atomic E-state index is 10.5. The molecule has 3 atom stereocenters. The van der Waals surface area contributed by atoms with Crippen LogP contribution in [0.1, 0.15) is 20.3 Å². The lowest BCUT2D eigenvalue weighted by molar-refractivity contribution is -0.111. The van der Waals surface area contributed by atoms with E-state index in [1.807, 2.05) is 6.92 Å². The van der Waals surface area contributed by atoms with E-state index >= 15 is 0 Å². The first kappa shape index (κ1) is 12.7. The fourth-order valence-electron chi connectivity index (χ4n) is 0.975.